The fourth-order valence-corrected chi connectivity index (χ4v) is 4.67. The molecule has 0 amide bonds. The summed E-state index contributed by atoms with van der Waals surface area (Å²) in [4.78, 5) is 29.1. The van der Waals surface area contributed by atoms with E-state index >= 15 is 0 Å². The summed E-state index contributed by atoms with van der Waals surface area (Å²) >= 11 is 0. The highest BCUT2D eigenvalue weighted by atomic mass is 16.1. The quantitative estimate of drug-likeness (QED) is 0.693. The number of hydrogen-bond donors (Lipinski definition) is 1. The van der Waals surface area contributed by atoms with Crippen LogP contribution in [0.1, 0.15) is 54.2 Å². The summed E-state index contributed by atoms with van der Waals surface area (Å²) in [6.45, 7) is 5.76. The number of hydrogen-bond acceptors (Lipinski definition) is 6. The van der Waals surface area contributed by atoms with Gasteiger partial charge in [0.15, 0.2) is 5.82 Å². The van der Waals surface area contributed by atoms with Crippen molar-refractivity contribution in [3.8, 4) is 11.1 Å². The zero-order valence-electron chi connectivity index (χ0n) is 18.4. The third-order valence-corrected chi connectivity index (χ3v) is 6.68. The van der Waals surface area contributed by atoms with E-state index < -0.39 is 0 Å². The summed E-state index contributed by atoms with van der Waals surface area (Å²) in [5.74, 6) is 1.17. The monoisotopic (exact) mass is 426 g/mol. The van der Waals surface area contributed by atoms with Crippen LogP contribution in [-0.2, 0) is 13.0 Å². The van der Waals surface area contributed by atoms with Gasteiger partial charge >= 0.3 is 0 Å². The van der Waals surface area contributed by atoms with Gasteiger partial charge in [0.05, 0.1) is 5.69 Å². The molecule has 1 saturated carbocycles. The zero-order chi connectivity index (χ0) is 21.8. The van der Waals surface area contributed by atoms with Gasteiger partial charge < -0.3 is 0 Å². The fourth-order valence-electron chi connectivity index (χ4n) is 4.67. The summed E-state index contributed by atoms with van der Waals surface area (Å²) in [5.41, 5.74) is 11.0. The van der Waals surface area contributed by atoms with Crippen molar-refractivity contribution >= 4 is 6.08 Å². The van der Waals surface area contributed by atoms with Crippen LogP contribution in [0.3, 0.4) is 0 Å². The zero-order valence-corrected chi connectivity index (χ0v) is 18.4. The van der Waals surface area contributed by atoms with Crippen molar-refractivity contribution in [2.45, 2.75) is 51.7 Å². The smallest absolute Gasteiger partial charge is 0.272 e. The van der Waals surface area contributed by atoms with Crippen molar-refractivity contribution in [1.82, 2.24) is 24.5 Å². The van der Waals surface area contributed by atoms with E-state index in [1.165, 1.54) is 11.1 Å². The minimum atomic E-state index is -0.0494. The van der Waals surface area contributed by atoms with E-state index in [9.17, 15) is 4.79 Å². The number of aromatic nitrogens is 4. The lowest BCUT2D eigenvalue weighted by Gasteiger charge is -2.38. The van der Waals surface area contributed by atoms with E-state index in [0.717, 1.165) is 60.6 Å². The first kappa shape index (κ1) is 19.4. The topological polar surface area (TPSA) is 75.9 Å². The lowest BCUT2D eigenvalue weighted by molar-refractivity contribution is 0.205. The molecule has 1 aliphatic carbocycles. The average molecular weight is 427 g/mol. The van der Waals surface area contributed by atoms with E-state index in [-0.39, 0.29) is 11.7 Å². The van der Waals surface area contributed by atoms with Gasteiger partial charge in [-0.05, 0) is 56.0 Å². The average Bonchev–Trinajstić information content (AvgIpc) is 3.64. The van der Waals surface area contributed by atoms with Gasteiger partial charge in [-0.15, -0.1) is 0 Å². The van der Waals surface area contributed by atoms with Gasteiger partial charge in [-0.3, -0.25) is 25.1 Å². The minimum Gasteiger partial charge on any atom is -0.300 e. The SMILES string of the molecule is CC1=Cc2nc(C3CC3)cc(=O)n2NC1N1CCc2ncc(-c3ccc(C)nc3)cc2C1. The van der Waals surface area contributed by atoms with Crippen molar-refractivity contribution in [2.24, 2.45) is 0 Å². The molecule has 1 unspecified atom stereocenters. The van der Waals surface area contributed by atoms with E-state index in [1.807, 2.05) is 25.4 Å². The molecule has 0 spiro atoms. The number of pyridine rings is 2. The molecule has 7 nitrogen and oxygen atoms in total. The van der Waals surface area contributed by atoms with Gasteiger partial charge in [-0.1, -0.05) is 6.07 Å². The summed E-state index contributed by atoms with van der Waals surface area (Å²) in [7, 11) is 0. The Morgan fingerprint density at radius 3 is 2.69 bits per heavy atom. The van der Waals surface area contributed by atoms with Crippen molar-refractivity contribution in [2.75, 3.05) is 12.0 Å². The maximum Gasteiger partial charge on any atom is 0.272 e. The highest BCUT2D eigenvalue weighted by molar-refractivity contribution is 5.62. The molecule has 162 valence electrons. The van der Waals surface area contributed by atoms with Crippen molar-refractivity contribution in [3.05, 3.63) is 81.1 Å². The Labute approximate surface area is 186 Å². The highest BCUT2D eigenvalue weighted by Crippen LogP contribution is 2.38. The second-order valence-corrected chi connectivity index (χ2v) is 9.15. The standard InChI is InChI=1S/C25H26N6O/c1-15-9-23-28-22(17-5-6-17)11-24(32)31(23)29-25(15)30-8-7-21-20(14-30)10-19(13-27-21)18-4-3-16(2)26-12-18/h3-4,9-13,17,25,29H,5-8,14H2,1-2H3. The van der Waals surface area contributed by atoms with E-state index in [1.54, 1.807) is 10.7 Å². The summed E-state index contributed by atoms with van der Waals surface area (Å²) in [5, 5.41) is 0. The van der Waals surface area contributed by atoms with Gasteiger partial charge in [-0.2, -0.15) is 0 Å². The van der Waals surface area contributed by atoms with Crippen LogP contribution in [0.25, 0.3) is 17.2 Å². The Kier molecular flexibility index (Phi) is 4.47. The Morgan fingerprint density at radius 1 is 1.06 bits per heavy atom. The first-order chi connectivity index (χ1) is 15.5. The Morgan fingerprint density at radius 2 is 1.91 bits per heavy atom. The molecular weight excluding hydrogens is 400 g/mol. The predicted octanol–water partition coefficient (Wildman–Crippen LogP) is 3.23. The molecule has 0 aromatic carbocycles. The Bertz CT molecular complexity index is 1290. The molecule has 7 heteroatoms. The maximum absolute atomic E-state index is 12.8. The number of nitrogens with one attached hydrogen (secondary N) is 1. The van der Waals surface area contributed by atoms with E-state index in [2.05, 4.69) is 40.4 Å². The van der Waals surface area contributed by atoms with Crippen LogP contribution in [0.4, 0.5) is 0 Å². The molecule has 32 heavy (non-hydrogen) atoms. The van der Waals surface area contributed by atoms with Crippen LogP contribution in [0.15, 0.2) is 47.0 Å². The van der Waals surface area contributed by atoms with Gasteiger partial charge in [-0.25, -0.2) is 9.66 Å². The molecule has 3 aliphatic rings. The normalized spacial score (nSPS) is 20.2. The molecule has 2 aliphatic heterocycles. The molecular formula is C25H26N6O. The number of fused-ring (bicyclic) bond motifs is 2. The molecule has 0 saturated heterocycles. The minimum absolute atomic E-state index is 0.0288. The lowest BCUT2D eigenvalue weighted by Crippen LogP contribution is -2.51. The predicted molar refractivity (Wildman–Crippen MR) is 124 cm³/mol. The third-order valence-electron chi connectivity index (χ3n) is 6.68. The highest BCUT2D eigenvalue weighted by Gasteiger charge is 2.31. The van der Waals surface area contributed by atoms with Crippen molar-refractivity contribution in [3.63, 3.8) is 0 Å². The molecule has 6 rings (SSSR count). The van der Waals surface area contributed by atoms with Crippen molar-refractivity contribution in [1.29, 1.82) is 0 Å². The third kappa shape index (κ3) is 3.42. The van der Waals surface area contributed by atoms with Crippen LogP contribution in [0.2, 0.25) is 0 Å². The summed E-state index contributed by atoms with van der Waals surface area (Å²) < 4.78 is 1.60. The number of rotatable bonds is 3. The van der Waals surface area contributed by atoms with Crippen LogP contribution < -0.4 is 11.0 Å². The van der Waals surface area contributed by atoms with Gasteiger partial charge in [0.2, 0.25) is 0 Å². The Balaban J connectivity index is 1.28. The van der Waals surface area contributed by atoms with Crippen molar-refractivity contribution < 1.29 is 0 Å². The van der Waals surface area contributed by atoms with Gasteiger partial charge in [0.1, 0.15) is 6.17 Å². The first-order valence-electron chi connectivity index (χ1n) is 11.3. The summed E-state index contributed by atoms with van der Waals surface area (Å²) in [6, 6.07) is 8.04. The molecule has 0 radical (unpaired) electrons. The molecule has 3 aromatic heterocycles. The van der Waals surface area contributed by atoms with Crippen LogP contribution in [-0.4, -0.2) is 37.2 Å². The number of nitrogens with zero attached hydrogens (tertiary/aromatic N) is 5. The Hall–Kier alpha value is -3.32. The molecule has 1 fully saturated rings. The van der Waals surface area contributed by atoms with Crippen LogP contribution in [0, 0.1) is 6.92 Å². The van der Waals surface area contributed by atoms with E-state index in [0.29, 0.717) is 11.7 Å². The number of aryl methyl sites for hydroxylation is 1. The van der Waals surface area contributed by atoms with Crippen LogP contribution in [0.5, 0.6) is 0 Å². The van der Waals surface area contributed by atoms with Gasteiger partial charge in [0.25, 0.3) is 5.56 Å². The lowest BCUT2D eigenvalue weighted by atomic mass is 9.99. The maximum atomic E-state index is 12.8. The second-order valence-electron chi connectivity index (χ2n) is 9.15. The summed E-state index contributed by atoms with van der Waals surface area (Å²) in [6.07, 6.45) is 9.01. The second kappa shape index (κ2) is 7.38. The van der Waals surface area contributed by atoms with Gasteiger partial charge in [0, 0.05) is 66.4 Å². The molecule has 1 N–H and O–H groups in total. The molecule has 5 heterocycles. The molecule has 1 atom stereocenters. The fraction of sp³-hybridized carbons (Fsp3) is 0.360. The van der Waals surface area contributed by atoms with E-state index in [4.69, 9.17) is 9.97 Å². The molecule has 0 bridgehead atoms. The van der Waals surface area contributed by atoms with Crippen LogP contribution >= 0.6 is 0 Å². The first-order valence-corrected chi connectivity index (χ1v) is 11.3. The molecule has 3 aromatic rings. The largest absolute Gasteiger partial charge is 0.300 e.